The first-order chi connectivity index (χ1) is 5.83. The number of urea groups is 1. The molecule has 1 fully saturated rings. The standard InChI is InChI=1S/C9H18N2O/c1-2-10-9(12)11-8-6-4-3-5-7-8/h8H,2-7H2,1H3,(H2,10,11,12). The van der Waals surface area contributed by atoms with E-state index < -0.39 is 0 Å². The fourth-order valence-electron chi connectivity index (χ4n) is 1.64. The number of hydrogen-bond acceptors (Lipinski definition) is 1. The summed E-state index contributed by atoms with van der Waals surface area (Å²) < 4.78 is 0. The summed E-state index contributed by atoms with van der Waals surface area (Å²) >= 11 is 0. The highest BCUT2D eigenvalue weighted by Crippen LogP contribution is 2.16. The largest absolute Gasteiger partial charge is 0.338 e. The molecule has 3 heteroatoms. The third-order valence-corrected chi connectivity index (χ3v) is 2.28. The number of nitrogens with one attached hydrogen (secondary N) is 2. The highest BCUT2D eigenvalue weighted by atomic mass is 16.2. The van der Waals surface area contributed by atoms with Crippen molar-refractivity contribution in [3.63, 3.8) is 0 Å². The van der Waals surface area contributed by atoms with Gasteiger partial charge in [0.15, 0.2) is 0 Å². The van der Waals surface area contributed by atoms with Crippen molar-refractivity contribution in [2.75, 3.05) is 6.54 Å². The second kappa shape index (κ2) is 5.01. The van der Waals surface area contributed by atoms with Gasteiger partial charge in [-0.2, -0.15) is 0 Å². The van der Waals surface area contributed by atoms with Gasteiger partial charge in [-0.05, 0) is 19.8 Å². The summed E-state index contributed by atoms with van der Waals surface area (Å²) in [5, 5.41) is 5.71. The summed E-state index contributed by atoms with van der Waals surface area (Å²) in [6.07, 6.45) is 6.15. The van der Waals surface area contributed by atoms with Gasteiger partial charge in [-0.15, -0.1) is 0 Å². The molecule has 2 N–H and O–H groups in total. The number of rotatable bonds is 2. The van der Waals surface area contributed by atoms with Crippen LogP contribution < -0.4 is 10.6 Å². The first-order valence-corrected chi connectivity index (χ1v) is 4.87. The first-order valence-electron chi connectivity index (χ1n) is 4.87. The first kappa shape index (κ1) is 9.36. The predicted octanol–water partition coefficient (Wildman–Crippen LogP) is 1.64. The van der Waals surface area contributed by atoms with Crippen molar-refractivity contribution in [1.29, 1.82) is 0 Å². The van der Waals surface area contributed by atoms with E-state index in [0.717, 1.165) is 12.8 Å². The molecule has 12 heavy (non-hydrogen) atoms. The van der Waals surface area contributed by atoms with Crippen molar-refractivity contribution in [3.05, 3.63) is 0 Å². The SMILES string of the molecule is CCNC(=O)NC1CCCCC1. The maximum absolute atomic E-state index is 11.1. The number of hydrogen-bond donors (Lipinski definition) is 2. The molecule has 0 atom stereocenters. The van der Waals surface area contributed by atoms with Crippen LogP contribution in [0.4, 0.5) is 4.79 Å². The molecule has 0 heterocycles. The van der Waals surface area contributed by atoms with Crippen LogP contribution in [-0.2, 0) is 0 Å². The average Bonchev–Trinajstić information content (AvgIpc) is 2.06. The monoisotopic (exact) mass is 170 g/mol. The lowest BCUT2D eigenvalue weighted by Gasteiger charge is -2.22. The van der Waals surface area contributed by atoms with Gasteiger partial charge in [0.25, 0.3) is 0 Å². The molecule has 3 nitrogen and oxygen atoms in total. The van der Waals surface area contributed by atoms with Crippen molar-refractivity contribution in [2.24, 2.45) is 0 Å². The van der Waals surface area contributed by atoms with Crippen LogP contribution in [0.2, 0.25) is 0 Å². The van der Waals surface area contributed by atoms with Crippen LogP contribution >= 0.6 is 0 Å². The molecular weight excluding hydrogens is 152 g/mol. The topological polar surface area (TPSA) is 41.1 Å². The van der Waals surface area contributed by atoms with Gasteiger partial charge in [-0.25, -0.2) is 4.79 Å². The fraction of sp³-hybridized carbons (Fsp3) is 0.889. The zero-order valence-electron chi connectivity index (χ0n) is 7.73. The van der Waals surface area contributed by atoms with Crippen LogP contribution in [0.25, 0.3) is 0 Å². The van der Waals surface area contributed by atoms with Crippen LogP contribution in [-0.4, -0.2) is 18.6 Å². The van der Waals surface area contributed by atoms with E-state index in [2.05, 4.69) is 10.6 Å². The summed E-state index contributed by atoms with van der Waals surface area (Å²) in [6, 6.07) is 0.412. The Morgan fingerprint density at radius 2 is 2.00 bits per heavy atom. The van der Waals surface area contributed by atoms with Crippen LogP contribution in [0.5, 0.6) is 0 Å². The molecule has 0 aromatic heterocycles. The van der Waals surface area contributed by atoms with E-state index in [4.69, 9.17) is 0 Å². The minimum Gasteiger partial charge on any atom is -0.338 e. The van der Waals surface area contributed by atoms with E-state index in [1.807, 2.05) is 6.92 Å². The Hall–Kier alpha value is -0.730. The normalized spacial score (nSPS) is 18.8. The van der Waals surface area contributed by atoms with E-state index >= 15 is 0 Å². The summed E-state index contributed by atoms with van der Waals surface area (Å²) in [6.45, 7) is 2.64. The highest BCUT2D eigenvalue weighted by Gasteiger charge is 2.14. The van der Waals surface area contributed by atoms with Gasteiger partial charge >= 0.3 is 6.03 Å². The van der Waals surface area contributed by atoms with Gasteiger partial charge < -0.3 is 10.6 Å². The zero-order chi connectivity index (χ0) is 8.81. The van der Waals surface area contributed by atoms with Crippen molar-refractivity contribution in [1.82, 2.24) is 10.6 Å². The lowest BCUT2D eigenvalue weighted by atomic mass is 9.96. The Balaban J connectivity index is 2.15. The molecule has 0 saturated heterocycles. The lowest BCUT2D eigenvalue weighted by molar-refractivity contribution is 0.233. The molecule has 70 valence electrons. The van der Waals surface area contributed by atoms with Gasteiger partial charge in [-0.3, -0.25) is 0 Å². The molecule has 0 aromatic carbocycles. The van der Waals surface area contributed by atoms with Crippen molar-refractivity contribution in [3.8, 4) is 0 Å². The van der Waals surface area contributed by atoms with Crippen molar-refractivity contribution >= 4 is 6.03 Å². The Bertz CT molecular complexity index is 141. The maximum atomic E-state index is 11.1. The third-order valence-electron chi connectivity index (χ3n) is 2.28. The van der Waals surface area contributed by atoms with Gasteiger partial charge in [0.05, 0.1) is 0 Å². The smallest absolute Gasteiger partial charge is 0.314 e. The Labute approximate surface area is 73.9 Å². The molecular formula is C9H18N2O. The van der Waals surface area contributed by atoms with Crippen LogP contribution in [0.1, 0.15) is 39.0 Å². The van der Waals surface area contributed by atoms with E-state index in [0.29, 0.717) is 12.6 Å². The van der Waals surface area contributed by atoms with Gasteiger partial charge in [-0.1, -0.05) is 19.3 Å². The predicted molar refractivity (Wildman–Crippen MR) is 49.1 cm³/mol. The second-order valence-electron chi connectivity index (χ2n) is 3.34. The molecule has 1 rings (SSSR count). The van der Waals surface area contributed by atoms with Crippen molar-refractivity contribution < 1.29 is 4.79 Å². The van der Waals surface area contributed by atoms with Gasteiger partial charge in [0.2, 0.25) is 0 Å². The quantitative estimate of drug-likeness (QED) is 0.650. The van der Waals surface area contributed by atoms with Crippen LogP contribution in [0, 0.1) is 0 Å². The second-order valence-corrected chi connectivity index (χ2v) is 3.34. The fourth-order valence-corrected chi connectivity index (χ4v) is 1.64. The lowest BCUT2D eigenvalue weighted by Crippen LogP contribution is -2.42. The minimum absolute atomic E-state index is 0.00981. The molecule has 1 aliphatic rings. The van der Waals surface area contributed by atoms with E-state index in [-0.39, 0.29) is 6.03 Å². The number of carbonyl (C=O) groups is 1. The average molecular weight is 170 g/mol. The van der Waals surface area contributed by atoms with Crippen LogP contribution in [0.15, 0.2) is 0 Å². The molecule has 0 bridgehead atoms. The Morgan fingerprint density at radius 3 is 2.58 bits per heavy atom. The minimum atomic E-state index is -0.00981. The third kappa shape index (κ3) is 3.11. The number of amides is 2. The summed E-state index contributed by atoms with van der Waals surface area (Å²) in [4.78, 5) is 11.1. The molecule has 0 aromatic rings. The molecule has 0 radical (unpaired) electrons. The van der Waals surface area contributed by atoms with E-state index in [1.54, 1.807) is 0 Å². The molecule has 0 aliphatic heterocycles. The molecule has 1 aliphatic carbocycles. The summed E-state index contributed by atoms with van der Waals surface area (Å²) in [5.74, 6) is 0. The molecule has 2 amide bonds. The Morgan fingerprint density at radius 1 is 1.33 bits per heavy atom. The number of carbonyl (C=O) groups excluding carboxylic acids is 1. The molecule has 0 unspecified atom stereocenters. The highest BCUT2D eigenvalue weighted by molar-refractivity contribution is 5.74. The van der Waals surface area contributed by atoms with Gasteiger partial charge in [0.1, 0.15) is 0 Å². The summed E-state index contributed by atoms with van der Waals surface area (Å²) in [5.41, 5.74) is 0. The van der Waals surface area contributed by atoms with Crippen molar-refractivity contribution in [2.45, 2.75) is 45.1 Å². The van der Waals surface area contributed by atoms with E-state index in [1.165, 1.54) is 19.3 Å². The molecule has 0 spiro atoms. The molecule has 1 saturated carbocycles. The van der Waals surface area contributed by atoms with Crippen LogP contribution in [0.3, 0.4) is 0 Å². The summed E-state index contributed by atoms with van der Waals surface area (Å²) in [7, 11) is 0. The Kier molecular flexibility index (Phi) is 3.91. The van der Waals surface area contributed by atoms with E-state index in [9.17, 15) is 4.79 Å². The zero-order valence-corrected chi connectivity index (χ0v) is 7.73. The van der Waals surface area contributed by atoms with Gasteiger partial charge in [0, 0.05) is 12.6 Å². The maximum Gasteiger partial charge on any atom is 0.314 e.